The maximum atomic E-state index is 12.3. The van der Waals surface area contributed by atoms with Crippen LogP contribution < -0.4 is 4.74 Å². The SMILES string of the molecule is CCOCCN(C)C(=O)/C(C)=C/C=C/C(C=O)=C(\C)c1ccc(O)c(C=O)c1OC. The number of hydrogen-bond acceptors (Lipinski definition) is 6. The van der Waals surface area contributed by atoms with Gasteiger partial charge in [0.2, 0.25) is 5.91 Å². The van der Waals surface area contributed by atoms with Gasteiger partial charge in [-0.05, 0) is 38.5 Å². The van der Waals surface area contributed by atoms with Crippen LogP contribution in [0, 0.1) is 0 Å². The van der Waals surface area contributed by atoms with E-state index in [1.807, 2.05) is 6.92 Å². The third-order valence-electron chi connectivity index (χ3n) is 4.54. The molecule has 7 nitrogen and oxygen atoms in total. The van der Waals surface area contributed by atoms with Crippen LogP contribution >= 0.6 is 0 Å². The van der Waals surface area contributed by atoms with Crippen molar-refractivity contribution in [2.24, 2.45) is 0 Å². The summed E-state index contributed by atoms with van der Waals surface area (Å²) < 4.78 is 10.5. The molecule has 0 saturated carbocycles. The number of ether oxygens (including phenoxy) is 2. The zero-order valence-corrected chi connectivity index (χ0v) is 18.1. The van der Waals surface area contributed by atoms with E-state index in [0.717, 1.165) is 0 Å². The van der Waals surface area contributed by atoms with Crippen molar-refractivity contribution >= 4 is 24.1 Å². The van der Waals surface area contributed by atoms with Crippen molar-refractivity contribution in [3.63, 3.8) is 0 Å². The van der Waals surface area contributed by atoms with Gasteiger partial charge in [-0.1, -0.05) is 18.2 Å². The Hall–Kier alpha value is -3.19. The molecule has 1 amide bonds. The molecule has 1 aromatic carbocycles. The standard InChI is InChI=1S/C23H29NO6/c1-6-30-13-12-24(4)23(28)16(2)8-7-9-18(14-25)17(3)19-10-11-21(27)20(15-26)22(19)29-5/h7-11,14-15,27H,6,12-13H2,1-5H3/b9-7+,16-8+,18-17-. The summed E-state index contributed by atoms with van der Waals surface area (Å²) in [7, 11) is 3.08. The van der Waals surface area contributed by atoms with Crippen molar-refractivity contribution in [3.8, 4) is 11.5 Å². The minimum atomic E-state index is -0.202. The molecule has 0 unspecified atom stereocenters. The second kappa shape index (κ2) is 12.4. The van der Waals surface area contributed by atoms with Crippen LogP contribution in [0.3, 0.4) is 0 Å². The monoisotopic (exact) mass is 415 g/mol. The second-order valence-corrected chi connectivity index (χ2v) is 6.53. The first-order valence-electron chi connectivity index (χ1n) is 9.52. The Morgan fingerprint density at radius 1 is 1.23 bits per heavy atom. The van der Waals surface area contributed by atoms with E-state index in [9.17, 15) is 19.5 Å². The number of phenols is 1. The molecule has 7 heteroatoms. The predicted octanol–water partition coefficient (Wildman–Crippen LogP) is 3.18. The number of methoxy groups -OCH3 is 1. The molecule has 0 spiro atoms. The maximum Gasteiger partial charge on any atom is 0.249 e. The smallest absolute Gasteiger partial charge is 0.249 e. The van der Waals surface area contributed by atoms with E-state index in [0.29, 0.717) is 54.6 Å². The highest BCUT2D eigenvalue weighted by Gasteiger charge is 2.16. The lowest BCUT2D eigenvalue weighted by atomic mass is 9.98. The quantitative estimate of drug-likeness (QED) is 0.258. The third-order valence-corrected chi connectivity index (χ3v) is 4.54. The van der Waals surface area contributed by atoms with E-state index in [4.69, 9.17) is 9.47 Å². The molecule has 0 aliphatic heterocycles. The Balaban J connectivity index is 3.13. The zero-order chi connectivity index (χ0) is 22.7. The highest BCUT2D eigenvalue weighted by atomic mass is 16.5. The van der Waals surface area contributed by atoms with Crippen molar-refractivity contribution in [2.75, 3.05) is 33.9 Å². The average Bonchev–Trinajstić information content (AvgIpc) is 2.75. The molecule has 0 heterocycles. The van der Waals surface area contributed by atoms with Gasteiger partial charge in [0.1, 0.15) is 17.8 Å². The summed E-state index contributed by atoms with van der Waals surface area (Å²) in [5.74, 6) is -0.149. The lowest BCUT2D eigenvalue weighted by Gasteiger charge is -2.17. The Morgan fingerprint density at radius 3 is 2.50 bits per heavy atom. The lowest BCUT2D eigenvalue weighted by Crippen LogP contribution is -2.30. The zero-order valence-electron chi connectivity index (χ0n) is 18.1. The van der Waals surface area contributed by atoms with Crippen molar-refractivity contribution in [1.82, 2.24) is 4.90 Å². The molecule has 162 valence electrons. The Bertz CT molecular complexity index is 867. The van der Waals surface area contributed by atoms with E-state index < -0.39 is 0 Å². The summed E-state index contributed by atoms with van der Waals surface area (Å²) in [6.07, 6.45) is 6.00. The van der Waals surface area contributed by atoms with E-state index in [1.54, 1.807) is 50.1 Å². The first-order chi connectivity index (χ1) is 14.3. The average molecular weight is 415 g/mol. The molecule has 0 aliphatic rings. The molecule has 0 aliphatic carbocycles. The number of phenolic OH excluding ortho intramolecular Hbond substituents is 1. The van der Waals surface area contributed by atoms with Crippen molar-refractivity contribution in [1.29, 1.82) is 0 Å². The highest BCUT2D eigenvalue weighted by Crippen LogP contribution is 2.35. The Kier molecular flexibility index (Phi) is 10.3. The number of aldehydes is 2. The van der Waals surface area contributed by atoms with Crippen LogP contribution in [-0.4, -0.2) is 62.4 Å². The molecule has 0 fully saturated rings. The molecular formula is C23H29NO6. The molecule has 0 bridgehead atoms. The van der Waals surface area contributed by atoms with E-state index in [-0.39, 0.29) is 23.0 Å². The van der Waals surface area contributed by atoms with Crippen LogP contribution in [0.1, 0.15) is 36.7 Å². The van der Waals surface area contributed by atoms with E-state index in [2.05, 4.69) is 0 Å². The van der Waals surface area contributed by atoms with E-state index >= 15 is 0 Å². The van der Waals surface area contributed by atoms with Crippen LogP contribution in [0.15, 0.2) is 41.5 Å². The maximum absolute atomic E-state index is 12.3. The highest BCUT2D eigenvalue weighted by molar-refractivity contribution is 5.95. The van der Waals surface area contributed by atoms with Gasteiger partial charge in [0.25, 0.3) is 0 Å². The first-order valence-corrected chi connectivity index (χ1v) is 9.52. The summed E-state index contributed by atoms with van der Waals surface area (Å²) in [5, 5.41) is 9.83. The fourth-order valence-corrected chi connectivity index (χ4v) is 2.74. The summed E-state index contributed by atoms with van der Waals surface area (Å²) in [6.45, 7) is 6.85. The van der Waals surface area contributed by atoms with Crippen molar-refractivity contribution < 1.29 is 29.0 Å². The van der Waals surface area contributed by atoms with Crippen LogP contribution in [0.5, 0.6) is 11.5 Å². The summed E-state index contributed by atoms with van der Waals surface area (Å²) >= 11 is 0. The Labute approximate surface area is 177 Å². The Morgan fingerprint density at radius 2 is 1.93 bits per heavy atom. The molecule has 1 N–H and O–H groups in total. The number of likely N-dealkylation sites (N-methyl/N-ethyl adjacent to an activating group) is 1. The molecule has 1 rings (SSSR count). The number of aromatic hydroxyl groups is 1. The summed E-state index contributed by atoms with van der Waals surface area (Å²) in [6, 6.07) is 2.95. The number of nitrogens with zero attached hydrogens (tertiary/aromatic N) is 1. The topological polar surface area (TPSA) is 93.1 Å². The lowest BCUT2D eigenvalue weighted by molar-refractivity contribution is -0.126. The largest absolute Gasteiger partial charge is 0.507 e. The number of rotatable bonds is 11. The van der Waals surface area contributed by atoms with Gasteiger partial charge in [0.05, 0.1) is 19.3 Å². The minimum Gasteiger partial charge on any atom is -0.507 e. The van der Waals surface area contributed by atoms with Crippen LogP contribution in [-0.2, 0) is 14.3 Å². The molecule has 30 heavy (non-hydrogen) atoms. The van der Waals surface area contributed by atoms with Crippen LogP contribution in [0.4, 0.5) is 0 Å². The fourth-order valence-electron chi connectivity index (χ4n) is 2.74. The molecule has 0 aromatic heterocycles. The van der Waals surface area contributed by atoms with Gasteiger partial charge < -0.3 is 19.5 Å². The van der Waals surface area contributed by atoms with E-state index in [1.165, 1.54) is 13.2 Å². The van der Waals surface area contributed by atoms with Crippen molar-refractivity contribution in [2.45, 2.75) is 20.8 Å². The van der Waals surface area contributed by atoms with Gasteiger partial charge >= 0.3 is 0 Å². The van der Waals surface area contributed by atoms with Gasteiger partial charge in [0.15, 0.2) is 6.29 Å². The molecule has 1 aromatic rings. The number of benzene rings is 1. The number of allylic oxidation sites excluding steroid dienone is 5. The molecule has 0 saturated heterocycles. The third kappa shape index (κ3) is 6.42. The van der Waals surface area contributed by atoms with Gasteiger partial charge in [-0.2, -0.15) is 0 Å². The minimum absolute atomic E-state index is 0.0139. The first kappa shape index (κ1) is 24.8. The molecular weight excluding hydrogens is 386 g/mol. The summed E-state index contributed by atoms with van der Waals surface area (Å²) in [4.78, 5) is 36.8. The molecule has 0 radical (unpaired) electrons. The van der Waals surface area contributed by atoms with Gasteiger partial charge in [0, 0.05) is 36.9 Å². The fraction of sp³-hybridized carbons (Fsp3) is 0.348. The normalized spacial score (nSPS) is 12.5. The number of hydrogen-bond donors (Lipinski definition) is 1. The summed E-state index contributed by atoms with van der Waals surface area (Å²) in [5.41, 5.74) is 1.94. The number of carbonyl (C=O) groups is 3. The van der Waals surface area contributed by atoms with Crippen LogP contribution in [0.2, 0.25) is 0 Å². The van der Waals surface area contributed by atoms with Crippen molar-refractivity contribution in [3.05, 3.63) is 52.6 Å². The molecule has 0 atom stereocenters. The predicted molar refractivity (Wildman–Crippen MR) is 116 cm³/mol. The second-order valence-electron chi connectivity index (χ2n) is 6.53. The number of amides is 1. The van der Waals surface area contributed by atoms with Crippen LogP contribution in [0.25, 0.3) is 5.57 Å². The van der Waals surface area contributed by atoms with Gasteiger partial charge in [-0.25, -0.2) is 0 Å². The van der Waals surface area contributed by atoms with Gasteiger partial charge in [-0.3, -0.25) is 14.4 Å². The van der Waals surface area contributed by atoms with Gasteiger partial charge in [-0.15, -0.1) is 0 Å². The number of carbonyl (C=O) groups excluding carboxylic acids is 3.